The molecular weight excluding hydrogens is 312 g/mol. The molecule has 2 aromatic rings. The minimum atomic E-state index is -0.478. The van der Waals surface area contributed by atoms with Gasteiger partial charge in [-0.25, -0.2) is 0 Å². The molecule has 0 unspecified atom stereocenters. The number of ether oxygens (including phenoxy) is 2. The van der Waals surface area contributed by atoms with E-state index in [1.807, 2.05) is 6.92 Å². The van der Waals surface area contributed by atoms with E-state index in [0.717, 1.165) is 0 Å². The standard InChI is InChI=1S/C17H18N2O5/c1-4-24-15-8-6-13(10-16(15)23-3)18-17(20)12-5-7-14(19(21)22)11(2)9-12/h5-10H,4H2,1-3H3,(H,18,20). The number of aryl methyl sites for hydroxylation is 1. The molecule has 1 N–H and O–H groups in total. The van der Waals surface area contributed by atoms with E-state index in [4.69, 9.17) is 9.47 Å². The summed E-state index contributed by atoms with van der Waals surface area (Å²) < 4.78 is 10.7. The lowest BCUT2D eigenvalue weighted by atomic mass is 10.1. The lowest BCUT2D eigenvalue weighted by molar-refractivity contribution is -0.385. The Morgan fingerprint density at radius 1 is 1.21 bits per heavy atom. The van der Waals surface area contributed by atoms with Gasteiger partial charge in [0.05, 0.1) is 18.6 Å². The van der Waals surface area contributed by atoms with E-state index in [2.05, 4.69) is 5.32 Å². The quantitative estimate of drug-likeness (QED) is 0.646. The van der Waals surface area contributed by atoms with Crippen molar-refractivity contribution in [2.24, 2.45) is 0 Å². The maximum absolute atomic E-state index is 12.3. The average molecular weight is 330 g/mol. The van der Waals surface area contributed by atoms with Gasteiger partial charge in [0, 0.05) is 28.9 Å². The van der Waals surface area contributed by atoms with Gasteiger partial charge in [-0.3, -0.25) is 14.9 Å². The van der Waals surface area contributed by atoms with Crippen molar-refractivity contribution in [2.45, 2.75) is 13.8 Å². The topological polar surface area (TPSA) is 90.7 Å². The van der Waals surface area contributed by atoms with Gasteiger partial charge in [0.2, 0.25) is 0 Å². The first kappa shape index (κ1) is 17.3. The largest absolute Gasteiger partial charge is 0.493 e. The first-order valence-corrected chi connectivity index (χ1v) is 7.33. The molecule has 0 saturated heterocycles. The summed E-state index contributed by atoms with van der Waals surface area (Å²) in [6.45, 7) is 3.96. The van der Waals surface area contributed by atoms with Crippen molar-refractivity contribution in [3.63, 3.8) is 0 Å². The molecule has 0 spiro atoms. The molecule has 2 aromatic carbocycles. The molecule has 0 aliphatic carbocycles. The first-order chi connectivity index (χ1) is 11.5. The monoisotopic (exact) mass is 330 g/mol. The van der Waals surface area contributed by atoms with Gasteiger partial charge in [0.15, 0.2) is 11.5 Å². The van der Waals surface area contributed by atoms with Gasteiger partial charge in [-0.1, -0.05) is 0 Å². The molecule has 0 fully saturated rings. The Bertz CT molecular complexity index is 774. The zero-order valence-electron chi connectivity index (χ0n) is 13.7. The highest BCUT2D eigenvalue weighted by atomic mass is 16.6. The molecule has 0 heterocycles. The zero-order chi connectivity index (χ0) is 17.7. The predicted octanol–water partition coefficient (Wildman–Crippen LogP) is 3.56. The van der Waals surface area contributed by atoms with Crippen LogP contribution in [-0.2, 0) is 0 Å². The van der Waals surface area contributed by atoms with Crippen molar-refractivity contribution >= 4 is 17.3 Å². The van der Waals surface area contributed by atoms with Crippen LogP contribution in [0.5, 0.6) is 11.5 Å². The predicted molar refractivity (Wildman–Crippen MR) is 89.9 cm³/mol. The van der Waals surface area contributed by atoms with Gasteiger partial charge >= 0.3 is 0 Å². The van der Waals surface area contributed by atoms with E-state index in [-0.39, 0.29) is 11.6 Å². The van der Waals surface area contributed by atoms with Crippen LogP contribution >= 0.6 is 0 Å². The van der Waals surface area contributed by atoms with E-state index >= 15 is 0 Å². The molecule has 0 bridgehead atoms. The highest BCUT2D eigenvalue weighted by molar-refractivity contribution is 6.04. The van der Waals surface area contributed by atoms with Crippen LogP contribution in [0.15, 0.2) is 36.4 Å². The summed E-state index contributed by atoms with van der Waals surface area (Å²) in [6.07, 6.45) is 0. The Morgan fingerprint density at radius 3 is 2.54 bits per heavy atom. The average Bonchev–Trinajstić information content (AvgIpc) is 2.55. The summed E-state index contributed by atoms with van der Waals surface area (Å²) in [5, 5.41) is 13.6. The highest BCUT2D eigenvalue weighted by Gasteiger charge is 2.14. The lowest BCUT2D eigenvalue weighted by Gasteiger charge is -2.12. The number of anilines is 1. The van der Waals surface area contributed by atoms with Crippen LogP contribution in [0, 0.1) is 17.0 Å². The number of nitrogens with one attached hydrogen (secondary N) is 1. The molecule has 0 aromatic heterocycles. The minimum Gasteiger partial charge on any atom is -0.493 e. The van der Waals surface area contributed by atoms with Crippen LogP contribution in [0.25, 0.3) is 0 Å². The van der Waals surface area contributed by atoms with Crippen LogP contribution in [0.2, 0.25) is 0 Å². The van der Waals surface area contributed by atoms with Gasteiger partial charge in [0.1, 0.15) is 0 Å². The van der Waals surface area contributed by atoms with E-state index in [9.17, 15) is 14.9 Å². The third-order valence-corrected chi connectivity index (χ3v) is 3.38. The number of carbonyl (C=O) groups excluding carboxylic acids is 1. The maximum Gasteiger partial charge on any atom is 0.272 e. The second kappa shape index (κ2) is 7.45. The smallest absolute Gasteiger partial charge is 0.272 e. The molecular formula is C17H18N2O5. The van der Waals surface area contributed by atoms with Gasteiger partial charge < -0.3 is 14.8 Å². The zero-order valence-corrected chi connectivity index (χ0v) is 13.7. The molecule has 7 heteroatoms. The van der Waals surface area contributed by atoms with Crippen molar-refractivity contribution < 1.29 is 19.2 Å². The van der Waals surface area contributed by atoms with Crippen LogP contribution in [-0.4, -0.2) is 24.5 Å². The molecule has 126 valence electrons. The number of carbonyl (C=O) groups is 1. The van der Waals surface area contributed by atoms with Crippen molar-refractivity contribution in [3.05, 3.63) is 57.6 Å². The van der Waals surface area contributed by atoms with Crippen LogP contribution in [0.3, 0.4) is 0 Å². The summed E-state index contributed by atoms with van der Waals surface area (Å²) in [7, 11) is 1.52. The van der Waals surface area contributed by atoms with Gasteiger partial charge in [0.25, 0.3) is 11.6 Å². The van der Waals surface area contributed by atoms with E-state index in [1.165, 1.54) is 25.3 Å². The second-order valence-electron chi connectivity index (χ2n) is 5.01. The summed E-state index contributed by atoms with van der Waals surface area (Å²) in [5.74, 6) is 0.734. The number of rotatable bonds is 6. The Hall–Kier alpha value is -3.09. The van der Waals surface area contributed by atoms with Gasteiger partial charge in [-0.15, -0.1) is 0 Å². The van der Waals surface area contributed by atoms with E-state index < -0.39 is 4.92 Å². The SMILES string of the molecule is CCOc1ccc(NC(=O)c2ccc([N+](=O)[O-])c(C)c2)cc1OC. The number of amides is 1. The summed E-state index contributed by atoms with van der Waals surface area (Å²) in [5.41, 5.74) is 1.29. The molecule has 0 saturated carbocycles. The molecule has 0 radical (unpaired) electrons. The summed E-state index contributed by atoms with van der Waals surface area (Å²) >= 11 is 0. The number of hydrogen-bond donors (Lipinski definition) is 1. The fourth-order valence-corrected chi connectivity index (χ4v) is 2.22. The second-order valence-corrected chi connectivity index (χ2v) is 5.01. The van der Waals surface area contributed by atoms with Gasteiger partial charge in [-0.05, 0) is 38.1 Å². The van der Waals surface area contributed by atoms with Crippen molar-refractivity contribution in [1.82, 2.24) is 0 Å². The van der Waals surface area contributed by atoms with Gasteiger partial charge in [-0.2, -0.15) is 0 Å². The number of nitro groups is 1. The normalized spacial score (nSPS) is 10.1. The van der Waals surface area contributed by atoms with Crippen molar-refractivity contribution in [1.29, 1.82) is 0 Å². The number of nitrogens with zero attached hydrogens (tertiary/aromatic N) is 1. The Labute approximate surface area is 139 Å². The fourth-order valence-electron chi connectivity index (χ4n) is 2.22. The van der Waals surface area contributed by atoms with Crippen LogP contribution in [0.1, 0.15) is 22.8 Å². The number of benzene rings is 2. The molecule has 2 rings (SSSR count). The Balaban J connectivity index is 2.20. The van der Waals surface area contributed by atoms with Crippen molar-refractivity contribution in [2.75, 3.05) is 19.0 Å². The van der Waals surface area contributed by atoms with Crippen molar-refractivity contribution in [3.8, 4) is 11.5 Å². The fraction of sp³-hybridized carbons (Fsp3) is 0.235. The lowest BCUT2D eigenvalue weighted by Crippen LogP contribution is -2.12. The van der Waals surface area contributed by atoms with Crippen LogP contribution in [0.4, 0.5) is 11.4 Å². The molecule has 7 nitrogen and oxygen atoms in total. The van der Waals surface area contributed by atoms with E-state index in [1.54, 1.807) is 25.1 Å². The number of nitro benzene ring substituents is 1. The van der Waals surface area contributed by atoms with Crippen LogP contribution < -0.4 is 14.8 Å². The molecule has 24 heavy (non-hydrogen) atoms. The number of hydrogen-bond acceptors (Lipinski definition) is 5. The Kier molecular flexibility index (Phi) is 5.36. The molecule has 0 aliphatic heterocycles. The minimum absolute atomic E-state index is 0.0192. The molecule has 1 amide bonds. The summed E-state index contributed by atoms with van der Waals surface area (Å²) in [4.78, 5) is 22.7. The number of methoxy groups -OCH3 is 1. The maximum atomic E-state index is 12.3. The molecule has 0 atom stereocenters. The first-order valence-electron chi connectivity index (χ1n) is 7.33. The molecule has 0 aliphatic rings. The third kappa shape index (κ3) is 3.81. The van der Waals surface area contributed by atoms with E-state index in [0.29, 0.717) is 34.9 Å². The third-order valence-electron chi connectivity index (χ3n) is 3.38. The highest BCUT2D eigenvalue weighted by Crippen LogP contribution is 2.30. The summed E-state index contributed by atoms with van der Waals surface area (Å²) in [6, 6.07) is 9.29. The Morgan fingerprint density at radius 2 is 1.96 bits per heavy atom.